The SMILES string of the molecule is CCN(C(=O)c1c(C)cc(C)cc1C)C1CCCC1CN. The van der Waals surface area contributed by atoms with Crippen molar-refractivity contribution in [3.63, 3.8) is 0 Å². The molecule has 2 unspecified atom stereocenters. The van der Waals surface area contributed by atoms with Gasteiger partial charge in [0.15, 0.2) is 0 Å². The number of carbonyl (C=O) groups excluding carboxylic acids is 1. The zero-order chi connectivity index (χ0) is 15.6. The molecule has 3 heteroatoms. The second kappa shape index (κ2) is 6.61. The highest BCUT2D eigenvalue weighted by molar-refractivity contribution is 5.97. The van der Waals surface area contributed by atoms with E-state index in [1.165, 1.54) is 12.0 Å². The van der Waals surface area contributed by atoms with Crippen molar-refractivity contribution in [2.75, 3.05) is 13.1 Å². The largest absolute Gasteiger partial charge is 0.336 e. The highest BCUT2D eigenvalue weighted by atomic mass is 16.2. The molecule has 116 valence electrons. The van der Waals surface area contributed by atoms with Crippen molar-refractivity contribution in [3.05, 3.63) is 34.4 Å². The fourth-order valence-corrected chi connectivity index (χ4v) is 3.89. The molecular formula is C18H28N2O. The van der Waals surface area contributed by atoms with E-state index in [2.05, 4.69) is 30.9 Å². The molecule has 21 heavy (non-hydrogen) atoms. The molecule has 2 N–H and O–H groups in total. The minimum Gasteiger partial charge on any atom is -0.336 e. The van der Waals surface area contributed by atoms with Gasteiger partial charge in [-0.15, -0.1) is 0 Å². The van der Waals surface area contributed by atoms with E-state index in [9.17, 15) is 4.79 Å². The molecule has 3 nitrogen and oxygen atoms in total. The van der Waals surface area contributed by atoms with Crippen LogP contribution < -0.4 is 5.73 Å². The van der Waals surface area contributed by atoms with Crippen molar-refractivity contribution in [2.24, 2.45) is 11.7 Å². The Morgan fingerprint density at radius 2 is 1.86 bits per heavy atom. The molecule has 2 rings (SSSR count). The first-order valence-corrected chi connectivity index (χ1v) is 8.08. The van der Waals surface area contributed by atoms with Crippen LogP contribution in [-0.2, 0) is 0 Å². The van der Waals surface area contributed by atoms with Crippen LogP contribution in [0.4, 0.5) is 0 Å². The molecule has 1 aromatic rings. The standard InChI is InChI=1S/C18H28N2O/c1-5-20(16-8-6-7-15(16)11-19)18(21)17-13(3)9-12(2)10-14(17)4/h9-10,15-16H,5-8,11,19H2,1-4H3. The molecule has 0 bridgehead atoms. The summed E-state index contributed by atoms with van der Waals surface area (Å²) in [6.07, 6.45) is 3.42. The molecule has 0 spiro atoms. The van der Waals surface area contributed by atoms with E-state index in [1.807, 2.05) is 13.8 Å². The molecule has 1 fully saturated rings. The Morgan fingerprint density at radius 1 is 1.24 bits per heavy atom. The fourth-order valence-electron chi connectivity index (χ4n) is 3.89. The van der Waals surface area contributed by atoms with Crippen molar-refractivity contribution in [3.8, 4) is 0 Å². The maximum atomic E-state index is 13.1. The molecule has 1 aliphatic carbocycles. The summed E-state index contributed by atoms with van der Waals surface area (Å²) in [6, 6.07) is 4.51. The second-order valence-corrected chi connectivity index (χ2v) is 6.36. The van der Waals surface area contributed by atoms with Gasteiger partial charge in [0.05, 0.1) is 0 Å². The Labute approximate surface area is 128 Å². The van der Waals surface area contributed by atoms with Gasteiger partial charge in [0.1, 0.15) is 0 Å². The smallest absolute Gasteiger partial charge is 0.254 e. The number of nitrogens with two attached hydrogens (primary N) is 1. The van der Waals surface area contributed by atoms with Crippen molar-refractivity contribution in [1.82, 2.24) is 4.90 Å². The molecule has 0 aliphatic heterocycles. The van der Waals surface area contributed by atoms with Gasteiger partial charge in [-0.25, -0.2) is 0 Å². The first-order chi connectivity index (χ1) is 9.99. The summed E-state index contributed by atoms with van der Waals surface area (Å²) < 4.78 is 0. The lowest BCUT2D eigenvalue weighted by Crippen LogP contribution is -2.44. The molecule has 0 aromatic heterocycles. The van der Waals surface area contributed by atoms with Crippen LogP contribution in [0.25, 0.3) is 0 Å². The third-order valence-electron chi connectivity index (χ3n) is 4.81. The maximum Gasteiger partial charge on any atom is 0.254 e. The predicted octanol–water partition coefficient (Wildman–Crippen LogP) is 3.20. The number of hydrogen-bond donors (Lipinski definition) is 1. The van der Waals surface area contributed by atoms with Gasteiger partial charge in [-0.2, -0.15) is 0 Å². The average molecular weight is 288 g/mol. The van der Waals surface area contributed by atoms with Crippen LogP contribution in [0.5, 0.6) is 0 Å². The normalized spacial score (nSPS) is 21.6. The van der Waals surface area contributed by atoms with E-state index >= 15 is 0 Å². The molecule has 1 aromatic carbocycles. The van der Waals surface area contributed by atoms with Crippen LogP contribution in [0, 0.1) is 26.7 Å². The zero-order valence-corrected chi connectivity index (χ0v) is 13.8. The Hall–Kier alpha value is -1.35. The molecule has 2 atom stereocenters. The first kappa shape index (κ1) is 16.0. The molecular weight excluding hydrogens is 260 g/mol. The van der Waals surface area contributed by atoms with Crippen molar-refractivity contribution in [2.45, 2.75) is 53.0 Å². The average Bonchev–Trinajstić information content (AvgIpc) is 2.86. The van der Waals surface area contributed by atoms with Crippen molar-refractivity contribution >= 4 is 5.91 Å². The summed E-state index contributed by atoms with van der Waals surface area (Å²) >= 11 is 0. The van der Waals surface area contributed by atoms with Crippen molar-refractivity contribution in [1.29, 1.82) is 0 Å². The van der Waals surface area contributed by atoms with Crippen molar-refractivity contribution < 1.29 is 4.79 Å². The second-order valence-electron chi connectivity index (χ2n) is 6.36. The van der Waals surface area contributed by atoms with Gasteiger partial charge in [0.25, 0.3) is 5.91 Å². The fraction of sp³-hybridized carbons (Fsp3) is 0.611. The number of rotatable bonds is 4. The Balaban J connectivity index is 2.33. The highest BCUT2D eigenvalue weighted by Gasteiger charge is 2.34. The third-order valence-corrected chi connectivity index (χ3v) is 4.81. The summed E-state index contributed by atoms with van der Waals surface area (Å²) in [5.41, 5.74) is 10.2. The van der Waals surface area contributed by atoms with E-state index in [0.29, 0.717) is 18.5 Å². The van der Waals surface area contributed by atoms with E-state index in [0.717, 1.165) is 36.1 Å². The number of aryl methyl sites for hydroxylation is 3. The Kier molecular flexibility index (Phi) is 5.04. The summed E-state index contributed by atoms with van der Waals surface area (Å²) in [4.78, 5) is 15.1. The number of benzene rings is 1. The van der Waals surface area contributed by atoms with Gasteiger partial charge < -0.3 is 10.6 Å². The highest BCUT2D eigenvalue weighted by Crippen LogP contribution is 2.31. The van der Waals surface area contributed by atoms with E-state index in [-0.39, 0.29) is 5.91 Å². The van der Waals surface area contributed by atoms with Crippen LogP contribution in [0.2, 0.25) is 0 Å². The van der Waals surface area contributed by atoms with E-state index in [1.54, 1.807) is 0 Å². The number of nitrogens with zero attached hydrogens (tertiary/aromatic N) is 1. The van der Waals surface area contributed by atoms with Gasteiger partial charge in [-0.1, -0.05) is 24.1 Å². The molecule has 0 heterocycles. The Bertz CT molecular complexity index is 501. The number of hydrogen-bond acceptors (Lipinski definition) is 2. The van der Waals surface area contributed by atoms with Crippen LogP contribution in [-0.4, -0.2) is 29.9 Å². The van der Waals surface area contributed by atoms with Gasteiger partial charge in [-0.3, -0.25) is 4.79 Å². The van der Waals surface area contributed by atoms with E-state index in [4.69, 9.17) is 5.73 Å². The monoisotopic (exact) mass is 288 g/mol. The summed E-state index contributed by atoms with van der Waals surface area (Å²) in [5.74, 6) is 0.637. The van der Waals surface area contributed by atoms with Gasteiger partial charge in [0, 0.05) is 18.2 Å². The maximum absolute atomic E-state index is 13.1. The molecule has 1 aliphatic rings. The molecule has 1 saturated carbocycles. The first-order valence-electron chi connectivity index (χ1n) is 8.08. The molecule has 0 saturated heterocycles. The van der Waals surface area contributed by atoms with E-state index < -0.39 is 0 Å². The minimum absolute atomic E-state index is 0.179. The lowest BCUT2D eigenvalue weighted by molar-refractivity contribution is 0.0650. The predicted molar refractivity (Wildman–Crippen MR) is 87.5 cm³/mol. The van der Waals surface area contributed by atoms with Crippen LogP contribution in [0.1, 0.15) is 53.2 Å². The molecule has 1 amide bonds. The lowest BCUT2D eigenvalue weighted by Gasteiger charge is -2.33. The third kappa shape index (κ3) is 3.13. The lowest BCUT2D eigenvalue weighted by atomic mass is 9.96. The summed E-state index contributed by atoms with van der Waals surface area (Å²) in [7, 11) is 0. The zero-order valence-electron chi connectivity index (χ0n) is 13.8. The minimum atomic E-state index is 0.179. The number of amides is 1. The topological polar surface area (TPSA) is 46.3 Å². The van der Waals surface area contributed by atoms with Crippen LogP contribution >= 0.6 is 0 Å². The van der Waals surface area contributed by atoms with Gasteiger partial charge in [0.2, 0.25) is 0 Å². The van der Waals surface area contributed by atoms with Gasteiger partial charge in [-0.05, 0) is 64.1 Å². The summed E-state index contributed by atoms with van der Waals surface area (Å²) in [6.45, 7) is 9.66. The van der Waals surface area contributed by atoms with Crippen LogP contribution in [0.3, 0.4) is 0 Å². The molecule has 0 radical (unpaired) electrons. The Morgan fingerprint density at radius 3 is 2.38 bits per heavy atom. The quantitative estimate of drug-likeness (QED) is 0.924. The van der Waals surface area contributed by atoms with Crippen LogP contribution in [0.15, 0.2) is 12.1 Å². The number of carbonyl (C=O) groups is 1. The summed E-state index contributed by atoms with van der Waals surface area (Å²) in [5, 5.41) is 0. The van der Waals surface area contributed by atoms with Gasteiger partial charge >= 0.3 is 0 Å².